The molecule has 1 aromatic heterocycles. The lowest BCUT2D eigenvalue weighted by Crippen LogP contribution is -2.29. The van der Waals surface area contributed by atoms with Crippen LogP contribution >= 0.6 is 11.3 Å². The second-order valence-corrected chi connectivity index (χ2v) is 8.31. The summed E-state index contributed by atoms with van der Waals surface area (Å²) in [5.41, 5.74) is 1.55. The van der Waals surface area contributed by atoms with E-state index in [2.05, 4.69) is 4.98 Å². The lowest BCUT2D eigenvalue weighted by Gasteiger charge is -2.23. The summed E-state index contributed by atoms with van der Waals surface area (Å²) >= 11 is 1.29. The van der Waals surface area contributed by atoms with Gasteiger partial charge in [0, 0.05) is 10.4 Å². The Morgan fingerprint density at radius 2 is 1.84 bits per heavy atom. The number of Topliss-reactive ketones (excluding diaryl/α,β-unsaturated/α-hetero) is 1. The molecule has 7 nitrogen and oxygen atoms in total. The van der Waals surface area contributed by atoms with Gasteiger partial charge in [0.2, 0.25) is 0 Å². The number of ketones is 1. The standard InChI is InChI=1S/C23H20N2O5S/c1-12-13(2)31-23(24-12)25-19(15-5-4-6-16(26)11-15)18(21(28)22(25)29)20(27)14-7-9-17(30-3)10-8-14/h4-11,19,26-27H,1-3H3/b20-18+/t19-/m0/s1. The molecule has 0 aliphatic carbocycles. The summed E-state index contributed by atoms with van der Waals surface area (Å²) in [5, 5.41) is 21.4. The average Bonchev–Trinajstić information content (AvgIpc) is 3.23. The second-order valence-electron chi connectivity index (χ2n) is 7.13. The van der Waals surface area contributed by atoms with Crippen molar-refractivity contribution in [3.8, 4) is 11.5 Å². The highest BCUT2D eigenvalue weighted by Crippen LogP contribution is 2.44. The van der Waals surface area contributed by atoms with Crippen molar-refractivity contribution in [3.63, 3.8) is 0 Å². The molecule has 2 aromatic carbocycles. The molecule has 158 valence electrons. The van der Waals surface area contributed by atoms with Crippen molar-refractivity contribution in [2.45, 2.75) is 19.9 Å². The van der Waals surface area contributed by atoms with E-state index < -0.39 is 17.7 Å². The van der Waals surface area contributed by atoms with Crippen LogP contribution in [0.1, 0.15) is 27.7 Å². The van der Waals surface area contributed by atoms with Gasteiger partial charge in [-0.3, -0.25) is 14.5 Å². The molecule has 8 heteroatoms. The van der Waals surface area contributed by atoms with Crippen LogP contribution in [0.5, 0.6) is 11.5 Å². The molecule has 1 fully saturated rings. The third-order valence-corrected chi connectivity index (χ3v) is 6.29. The van der Waals surface area contributed by atoms with E-state index in [9.17, 15) is 19.8 Å². The number of anilines is 1. The predicted octanol–water partition coefficient (Wildman–Crippen LogP) is 4.10. The summed E-state index contributed by atoms with van der Waals surface area (Å²) in [7, 11) is 1.53. The molecule has 4 rings (SSSR count). The molecule has 0 radical (unpaired) electrons. The first kappa shape index (κ1) is 20.6. The summed E-state index contributed by atoms with van der Waals surface area (Å²) in [6.45, 7) is 3.71. The summed E-state index contributed by atoms with van der Waals surface area (Å²) in [5.74, 6) is -1.32. The maximum Gasteiger partial charge on any atom is 0.301 e. The van der Waals surface area contributed by atoms with Gasteiger partial charge in [-0.2, -0.15) is 0 Å². The number of hydrogen-bond donors (Lipinski definition) is 2. The summed E-state index contributed by atoms with van der Waals surface area (Å²) < 4.78 is 5.14. The van der Waals surface area contributed by atoms with E-state index >= 15 is 0 Å². The molecule has 0 saturated carbocycles. The fourth-order valence-electron chi connectivity index (χ4n) is 3.50. The van der Waals surface area contributed by atoms with Gasteiger partial charge < -0.3 is 14.9 Å². The quantitative estimate of drug-likeness (QED) is 0.363. The number of methoxy groups -OCH3 is 1. The largest absolute Gasteiger partial charge is 0.508 e. The number of hydrogen-bond acceptors (Lipinski definition) is 7. The van der Waals surface area contributed by atoms with Crippen LogP contribution in [-0.2, 0) is 9.59 Å². The Hall–Kier alpha value is -3.65. The number of benzene rings is 2. The van der Waals surface area contributed by atoms with Crippen LogP contribution in [0.25, 0.3) is 5.76 Å². The van der Waals surface area contributed by atoms with Crippen molar-refractivity contribution < 1.29 is 24.5 Å². The predicted molar refractivity (Wildman–Crippen MR) is 117 cm³/mol. The third kappa shape index (κ3) is 3.55. The van der Waals surface area contributed by atoms with E-state index in [1.165, 1.54) is 35.5 Å². The SMILES string of the molecule is COc1ccc(/C(O)=C2\C(=O)C(=O)N(c3nc(C)c(C)s3)[C@H]2c2cccc(O)c2)cc1. The van der Waals surface area contributed by atoms with Gasteiger partial charge in [-0.1, -0.05) is 12.1 Å². The molecule has 1 atom stereocenters. The van der Waals surface area contributed by atoms with Crippen molar-refractivity contribution in [2.75, 3.05) is 12.0 Å². The molecule has 3 aromatic rings. The molecule has 1 aliphatic rings. The van der Waals surface area contributed by atoms with Gasteiger partial charge in [0.05, 0.1) is 24.4 Å². The van der Waals surface area contributed by atoms with Crippen LogP contribution in [0.15, 0.2) is 54.1 Å². The van der Waals surface area contributed by atoms with E-state index in [0.717, 1.165) is 10.6 Å². The molecule has 0 bridgehead atoms. The molecule has 0 spiro atoms. The fourth-order valence-corrected chi connectivity index (χ4v) is 4.44. The Bertz CT molecular complexity index is 1190. The molecule has 2 heterocycles. The van der Waals surface area contributed by atoms with E-state index in [0.29, 0.717) is 22.0 Å². The van der Waals surface area contributed by atoms with Crippen molar-refractivity contribution in [3.05, 3.63) is 75.8 Å². The number of aromatic hydroxyl groups is 1. The molecule has 1 amide bonds. The zero-order valence-electron chi connectivity index (χ0n) is 17.1. The van der Waals surface area contributed by atoms with Crippen molar-refractivity contribution in [2.24, 2.45) is 0 Å². The Morgan fingerprint density at radius 3 is 2.42 bits per heavy atom. The van der Waals surface area contributed by atoms with Gasteiger partial charge in [0.25, 0.3) is 5.78 Å². The lowest BCUT2D eigenvalue weighted by molar-refractivity contribution is -0.132. The molecular formula is C23H20N2O5S. The van der Waals surface area contributed by atoms with Crippen LogP contribution in [0.3, 0.4) is 0 Å². The van der Waals surface area contributed by atoms with Crippen LogP contribution in [0.2, 0.25) is 0 Å². The minimum Gasteiger partial charge on any atom is -0.508 e. The molecule has 31 heavy (non-hydrogen) atoms. The first-order chi connectivity index (χ1) is 14.8. The van der Waals surface area contributed by atoms with Gasteiger partial charge >= 0.3 is 5.91 Å². The number of aliphatic hydroxyl groups excluding tert-OH is 1. The highest BCUT2D eigenvalue weighted by atomic mass is 32.1. The first-order valence-corrected chi connectivity index (χ1v) is 10.3. The van der Waals surface area contributed by atoms with Crippen LogP contribution < -0.4 is 9.64 Å². The first-order valence-electron chi connectivity index (χ1n) is 9.50. The fraction of sp³-hybridized carbons (Fsp3) is 0.174. The Balaban J connectivity index is 1.93. The number of phenols is 1. The summed E-state index contributed by atoms with van der Waals surface area (Å²) in [6.07, 6.45) is 0. The van der Waals surface area contributed by atoms with E-state index in [4.69, 9.17) is 4.74 Å². The third-order valence-electron chi connectivity index (χ3n) is 5.22. The number of carbonyl (C=O) groups is 2. The number of amides is 1. The van der Waals surface area contributed by atoms with E-state index in [1.807, 2.05) is 13.8 Å². The van der Waals surface area contributed by atoms with Crippen LogP contribution in [-0.4, -0.2) is 34.0 Å². The van der Waals surface area contributed by atoms with Gasteiger partial charge in [0.1, 0.15) is 17.3 Å². The van der Waals surface area contributed by atoms with E-state index in [1.54, 1.807) is 36.4 Å². The molecule has 2 N–H and O–H groups in total. The Morgan fingerprint density at radius 1 is 1.13 bits per heavy atom. The zero-order chi connectivity index (χ0) is 22.3. The lowest BCUT2D eigenvalue weighted by atomic mass is 9.95. The number of carbonyl (C=O) groups excluding carboxylic acids is 2. The molecular weight excluding hydrogens is 416 g/mol. The Labute approximate surface area is 182 Å². The molecule has 1 aliphatic heterocycles. The highest BCUT2D eigenvalue weighted by molar-refractivity contribution is 7.16. The minimum absolute atomic E-state index is 0.0148. The van der Waals surface area contributed by atoms with Gasteiger partial charge in [-0.25, -0.2) is 4.98 Å². The topological polar surface area (TPSA) is 100.0 Å². The van der Waals surface area contributed by atoms with Crippen LogP contribution in [0.4, 0.5) is 5.13 Å². The number of aromatic nitrogens is 1. The number of nitrogens with zero attached hydrogens (tertiary/aromatic N) is 2. The second kappa shape index (κ2) is 7.88. The minimum atomic E-state index is -0.931. The van der Waals surface area contributed by atoms with Gasteiger partial charge in [0.15, 0.2) is 5.13 Å². The summed E-state index contributed by atoms with van der Waals surface area (Å²) in [6, 6.07) is 11.9. The Kier molecular flexibility index (Phi) is 5.24. The number of rotatable bonds is 4. The number of ether oxygens (including phenoxy) is 1. The number of thiazole rings is 1. The normalized spacial score (nSPS) is 17.9. The maximum absolute atomic E-state index is 13.1. The summed E-state index contributed by atoms with van der Waals surface area (Å²) in [4.78, 5) is 32.8. The van der Waals surface area contributed by atoms with Gasteiger partial charge in [-0.05, 0) is 55.8 Å². The smallest absolute Gasteiger partial charge is 0.301 e. The number of aryl methyl sites for hydroxylation is 2. The number of aliphatic hydroxyl groups is 1. The van der Waals surface area contributed by atoms with Crippen molar-refractivity contribution in [1.29, 1.82) is 0 Å². The van der Waals surface area contributed by atoms with Crippen molar-refractivity contribution in [1.82, 2.24) is 4.98 Å². The molecule has 0 unspecified atom stereocenters. The zero-order valence-corrected chi connectivity index (χ0v) is 17.9. The van der Waals surface area contributed by atoms with Crippen LogP contribution in [0, 0.1) is 13.8 Å². The average molecular weight is 436 g/mol. The monoisotopic (exact) mass is 436 g/mol. The van der Waals surface area contributed by atoms with E-state index in [-0.39, 0.29) is 17.1 Å². The highest BCUT2D eigenvalue weighted by Gasteiger charge is 2.48. The van der Waals surface area contributed by atoms with Gasteiger partial charge in [-0.15, -0.1) is 11.3 Å². The number of phenolic OH excluding ortho intramolecular Hbond substituents is 1. The maximum atomic E-state index is 13.1. The van der Waals surface area contributed by atoms with Crippen molar-refractivity contribution >= 4 is 33.9 Å². The molecule has 1 saturated heterocycles.